The minimum Gasteiger partial charge on any atom is -0.289 e. The van der Waals surface area contributed by atoms with Crippen LogP contribution < -0.4 is 0 Å². The Kier molecular flexibility index (Phi) is 2.80. The van der Waals surface area contributed by atoms with E-state index in [2.05, 4.69) is 4.98 Å². The molecule has 19 heavy (non-hydrogen) atoms. The molecule has 0 aliphatic carbocycles. The summed E-state index contributed by atoms with van der Waals surface area (Å²) in [5.74, 6) is -0.503. The number of aromatic nitrogens is 1. The summed E-state index contributed by atoms with van der Waals surface area (Å²) in [7, 11) is 0. The van der Waals surface area contributed by atoms with E-state index < -0.39 is 0 Å². The highest BCUT2D eigenvalue weighted by Crippen LogP contribution is 2.20. The zero-order chi connectivity index (χ0) is 13.2. The van der Waals surface area contributed by atoms with E-state index in [4.69, 9.17) is 0 Å². The van der Waals surface area contributed by atoms with E-state index in [1.807, 2.05) is 24.3 Å². The standard InChI is InChI=1S/C16H10FNO/c17-13-7-5-11(6-8-13)16(19)15-10-18-9-12-3-1-2-4-14(12)15/h1-10H. The van der Waals surface area contributed by atoms with Crippen molar-refractivity contribution in [3.63, 3.8) is 0 Å². The number of pyridine rings is 1. The van der Waals surface area contributed by atoms with E-state index in [1.54, 1.807) is 12.4 Å². The molecule has 0 fully saturated rings. The summed E-state index contributed by atoms with van der Waals surface area (Å²) in [4.78, 5) is 16.5. The third kappa shape index (κ3) is 2.10. The maximum Gasteiger partial charge on any atom is 0.195 e. The predicted octanol–water partition coefficient (Wildman–Crippen LogP) is 3.60. The van der Waals surface area contributed by atoms with Crippen LogP contribution in [0.25, 0.3) is 10.8 Å². The summed E-state index contributed by atoms with van der Waals surface area (Å²) in [6.45, 7) is 0. The SMILES string of the molecule is O=C(c1ccc(F)cc1)c1cncc2ccccc12. The monoisotopic (exact) mass is 251 g/mol. The van der Waals surface area contributed by atoms with E-state index in [0.29, 0.717) is 11.1 Å². The molecule has 3 rings (SSSR count). The zero-order valence-electron chi connectivity index (χ0n) is 10.0. The van der Waals surface area contributed by atoms with Crippen LogP contribution in [0.4, 0.5) is 4.39 Å². The third-order valence-corrected chi connectivity index (χ3v) is 3.02. The van der Waals surface area contributed by atoms with E-state index in [9.17, 15) is 9.18 Å². The summed E-state index contributed by atoms with van der Waals surface area (Å²) in [5.41, 5.74) is 0.990. The van der Waals surface area contributed by atoms with Crippen molar-refractivity contribution < 1.29 is 9.18 Å². The average molecular weight is 251 g/mol. The Hall–Kier alpha value is -2.55. The van der Waals surface area contributed by atoms with Gasteiger partial charge in [0.25, 0.3) is 0 Å². The Bertz CT molecular complexity index is 745. The minimum absolute atomic E-state index is 0.149. The van der Waals surface area contributed by atoms with Gasteiger partial charge in [-0.1, -0.05) is 24.3 Å². The molecule has 0 aliphatic rings. The number of nitrogens with zero attached hydrogens (tertiary/aromatic N) is 1. The molecule has 0 aliphatic heterocycles. The van der Waals surface area contributed by atoms with Gasteiger partial charge in [-0.15, -0.1) is 0 Å². The highest BCUT2D eigenvalue weighted by Gasteiger charge is 2.12. The first-order chi connectivity index (χ1) is 9.25. The van der Waals surface area contributed by atoms with Gasteiger partial charge in [-0.05, 0) is 29.7 Å². The zero-order valence-corrected chi connectivity index (χ0v) is 10.0. The minimum atomic E-state index is -0.354. The van der Waals surface area contributed by atoms with Crippen molar-refractivity contribution in [1.82, 2.24) is 4.98 Å². The molecule has 0 radical (unpaired) electrons. The lowest BCUT2D eigenvalue weighted by atomic mass is 10.00. The summed E-state index contributed by atoms with van der Waals surface area (Å²) in [6.07, 6.45) is 3.27. The smallest absolute Gasteiger partial charge is 0.195 e. The summed E-state index contributed by atoms with van der Waals surface area (Å²) >= 11 is 0. The van der Waals surface area contributed by atoms with Gasteiger partial charge in [0.05, 0.1) is 0 Å². The highest BCUT2D eigenvalue weighted by atomic mass is 19.1. The van der Waals surface area contributed by atoms with Gasteiger partial charge in [0.2, 0.25) is 0 Å². The lowest BCUT2D eigenvalue weighted by molar-refractivity contribution is 0.104. The number of carbonyl (C=O) groups excluding carboxylic acids is 1. The molecule has 0 N–H and O–H groups in total. The molecule has 1 heterocycles. The van der Waals surface area contributed by atoms with Gasteiger partial charge in [-0.25, -0.2) is 4.39 Å². The van der Waals surface area contributed by atoms with Crippen LogP contribution >= 0.6 is 0 Å². The Morgan fingerprint density at radius 2 is 1.68 bits per heavy atom. The number of carbonyl (C=O) groups is 1. The molecule has 1 aromatic heterocycles. The summed E-state index contributed by atoms with van der Waals surface area (Å²) < 4.78 is 12.9. The molecule has 2 aromatic carbocycles. The maximum atomic E-state index is 12.9. The molecule has 0 saturated heterocycles. The number of hydrogen-bond donors (Lipinski definition) is 0. The second-order valence-corrected chi connectivity index (χ2v) is 4.24. The van der Waals surface area contributed by atoms with Crippen molar-refractivity contribution in [2.24, 2.45) is 0 Å². The van der Waals surface area contributed by atoms with Crippen LogP contribution in [0.2, 0.25) is 0 Å². The maximum absolute atomic E-state index is 12.9. The second kappa shape index (κ2) is 4.61. The van der Waals surface area contributed by atoms with E-state index in [1.165, 1.54) is 24.3 Å². The van der Waals surface area contributed by atoms with Crippen LogP contribution in [0.3, 0.4) is 0 Å². The molecule has 0 spiro atoms. The molecule has 2 nitrogen and oxygen atoms in total. The van der Waals surface area contributed by atoms with Gasteiger partial charge in [-0.2, -0.15) is 0 Å². The van der Waals surface area contributed by atoms with E-state index in [-0.39, 0.29) is 11.6 Å². The molecule has 3 aromatic rings. The van der Waals surface area contributed by atoms with Gasteiger partial charge in [0.1, 0.15) is 5.82 Å². The van der Waals surface area contributed by atoms with Crippen molar-refractivity contribution in [3.8, 4) is 0 Å². The van der Waals surface area contributed by atoms with Crippen LogP contribution in [0.1, 0.15) is 15.9 Å². The Labute approximate surface area is 109 Å². The van der Waals surface area contributed by atoms with Crippen LogP contribution in [-0.4, -0.2) is 10.8 Å². The van der Waals surface area contributed by atoms with Gasteiger partial charge >= 0.3 is 0 Å². The van der Waals surface area contributed by atoms with Crippen molar-refractivity contribution in [1.29, 1.82) is 0 Å². The van der Waals surface area contributed by atoms with Gasteiger partial charge < -0.3 is 0 Å². The normalized spacial score (nSPS) is 10.6. The van der Waals surface area contributed by atoms with E-state index in [0.717, 1.165) is 10.8 Å². The van der Waals surface area contributed by atoms with Crippen LogP contribution in [0, 0.1) is 5.82 Å². The molecule has 0 atom stereocenters. The number of benzene rings is 2. The Morgan fingerprint density at radius 3 is 2.47 bits per heavy atom. The number of rotatable bonds is 2. The van der Waals surface area contributed by atoms with E-state index >= 15 is 0 Å². The molecule has 92 valence electrons. The number of halogens is 1. The fraction of sp³-hybridized carbons (Fsp3) is 0. The molecular formula is C16H10FNO. The molecule has 0 saturated carbocycles. The Morgan fingerprint density at radius 1 is 0.947 bits per heavy atom. The largest absolute Gasteiger partial charge is 0.289 e. The molecule has 0 amide bonds. The van der Waals surface area contributed by atoms with Crippen molar-refractivity contribution in [2.45, 2.75) is 0 Å². The predicted molar refractivity (Wildman–Crippen MR) is 71.6 cm³/mol. The fourth-order valence-corrected chi connectivity index (χ4v) is 2.05. The van der Waals surface area contributed by atoms with Crippen molar-refractivity contribution in [2.75, 3.05) is 0 Å². The summed E-state index contributed by atoms with van der Waals surface area (Å²) in [6, 6.07) is 13.1. The fourth-order valence-electron chi connectivity index (χ4n) is 2.05. The van der Waals surface area contributed by atoms with Gasteiger partial charge in [-0.3, -0.25) is 9.78 Å². The first kappa shape index (κ1) is 11.5. The molecule has 3 heteroatoms. The first-order valence-electron chi connectivity index (χ1n) is 5.89. The highest BCUT2D eigenvalue weighted by molar-refractivity contribution is 6.16. The topological polar surface area (TPSA) is 30.0 Å². The van der Waals surface area contributed by atoms with Gasteiger partial charge in [0.15, 0.2) is 5.78 Å². The number of ketones is 1. The van der Waals surface area contributed by atoms with Crippen LogP contribution in [0.5, 0.6) is 0 Å². The van der Waals surface area contributed by atoms with Crippen molar-refractivity contribution >= 4 is 16.6 Å². The Balaban J connectivity index is 2.14. The first-order valence-corrected chi connectivity index (χ1v) is 5.89. The molecule has 0 unspecified atom stereocenters. The average Bonchev–Trinajstić information content (AvgIpc) is 2.47. The quantitative estimate of drug-likeness (QED) is 0.651. The van der Waals surface area contributed by atoms with Crippen molar-refractivity contribution in [3.05, 3.63) is 77.9 Å². The molecular weight excluding hydrogens is 241 g/mol. The van der Waals surface area contributed by atoms with Crippen LogP contribution in [-0.2, 0) is 0 Å². The third-order valence-electron chi connectivity index (χ3n) is 3.02. The number of hydrogen-bond acceptors (Lipinski definition) is 2. The van der Waals surface area contributed by atoms with Crippen LogP contribution in [0.15, 0.2) is 60.9 Å². The lowest BCUT2D eigenvalue weighted by Crippen LogP contribution is -2.02. The lowest BCUT2D eigenvalue weighted by Gasteiger charge is -2.05. The molecule has 0 bridgehead atoms. The number of fused-ring (bicyclic) bond motifs is 1. The second-order valence-electron chi connectivity index (χ2n) is 4.24. The van der Waals surface area contributed by atoms with Gasteiger partial charge in [0, 0.05) is 28.9 Å². The summed E-state index contributed by atoms with van der Waals surface area (Å²) in [5, 5.41) is 1.77.